The van der Waals surface area contributed by atoms with Crippen LogP contribution in [-0.2, 0) is 27.4 Å². The number of benzene rings is 2. The molecular formula is C22H22N8O3. The summed E-state index contributed by atoms with van der Waals surface area (Å²) in [6, 6.07) is 19.0. The summed E-state index contributed by atoms with van der Waals surface area (Å²) < 4.78 is 8.50. The van der Waals surface area contributed by atoms with Gasteiger partial charge in [0.2, 0.25) is 11.8 Å². The van der Waals surface area contributed by atoms with Crippen LogP contribution < -0.4 is 10.6 Å². The largest absolute Gasteiger partial charge is 0.362 e. The summed E-state index contributed by atoms with van der Waals surface area (Å²) in [5.41, 5.74) is 1.69. The Labute approximate surface area is 189 Å². The number of aromatic nitrogens is 6. The van der Waals surface area contributed by atoms with Gasteiger partial charge in [-0.2, -0.15) is 10.2 Å². The van der Waals surface area contributed by atoms with E-state index in [9.17, 15) is 9.59 Å². The van der Waals surface area contributed by atoms with Crippen molar-refractivity contribution in [2.75, 3.05) is 13.2 Å². The second-order valence-corrected chi connectivity index (χ2v) is 6.89. The van der Waals surface area contributed by atoms with E-state index < -0.39 is 0 Å². The van der Waals surface area contributed by atoms with Gasteiger partial charge in [-0.25, -0.2) is 19.3 Å². The van der Waals surface area contributed by atoms with Gasteiger partial charge in [-0.3, -0.25) is 9.59 Å². The minimum Gasteiger partial charge on any atom is -0.362 e. The number of nitrogens with one attached hydrogen (secondary N) is 2. The van der Waals surface area contributed by atoms with E-state index in [4.69, 9.17) is 4.74 Å². The monoisotopic (exact) mass is 446 g/mol. The molecule has 2 amide bonds. The molecule has 0 saturated heterocycles. The number of carbonyl (C=O) groups is 2. The van der Waals surface area contributed by atoms with Crippen LogP contribution in [0.3, 0.4) is 0 Å². The average Bonchev–Trinajstić information content (AvgIpc) is 3.52. The van der Waals surface area contributed by atoms with Gasteiger partial charge in [0.15, 0.2) is 11.6 Å². The Morgan fingerprint density at radius 1 is 0.697 bits per heavy atom. The van der Waals surface area contributed by atoms with Crippen molar-refractivity contribution in [3.8, 4) is 11.4 Å². The molecule has 0 radical (unpaired) electrons. The van der Waals surface area contributed by atoms with Crippen LogP contribution in [0.4, 0.5) is 0 Å². The van der Waals surface area contributed by atoms with Gasteiger partial charge in [-0.15, -0.1) is 0 Å². The Morgan fingerprint density at radius 2 is 1.12 bits per heavy atom. The Kier molecular flexibility index (Phi) is 7.13. The molecule has 11 nitrogen and oxygen atoms in total. The maximum Gasteiger partial charge on any atom is 0.246 e. The zero-order valence-electron chi connectivity index (χ0n) is 17.7. The highest BCUT2D eigenvalue weighted by Gasteiger charge is 2.11. The van der Waals surface area contributed by atoms with Crippen molar-refractivity contribution in [3.05, 3.63) is 85.0 Å². The summed E-state index contributed by atoms with van der Waals surface area (Å²) in [7, 11) is 0. The molecule has 0 spiro atoms. The third-order valence-electron chi connectivity index (χ3n) is 4.59. The van der Waals surface area contributed by atoms with E-state index in [0.717, 1.165) is 11.4 Å². The summed E-state index contributed by atoms with van der Waals surface area (Å²) in [4.78, 5) is 32.5. The smallest absolute Gasteiger partial charge is 0.246 e. The summed E-state index contributed by atoms with van der Waals surface area (Å²) in [5, 5.41) is 13.8. The first-order valence-corrected chi connectivity index (χ1v) is 10.2. The lowest BCUT2D eigenvalue weighted by atomic mass is 10.3. The van der Waals surface area contributed by atoms with Crippen LogP contribution in [0.25, 0.3) is 11.4 Å². The molecule has 0 bridgehead atoms. The molecule has 0 atom stereocenters. The van der Waals surface area contributed by atoms with Crippen LogP contribution in [0.15, 0.2) is 73.3 Å². The average molecular weight is 446 g/mol. The number of amides is 2. The van der Waals surface area contributed by atoms with Crippen molar-refractivity contribution < 1.29 is 14.3 Å². The van der Waals surface area contributed by atoms with E-state index in [1.165, 1.54) is 12.7 Å². The van der Waals surface area contributed by atoms with Gasteiger partial charge in [-0.1, -0.05) is 36.4 Å². The second-order valence-electron chi connectivity index (χ2n) is 6.89. The molecular weight excluding hydrogens is 424 g/mol. The first-order chi connectivity index (χ1) is 16.2. The van der Waals surface area contributed by atoms with Crippen LogP contribution in [0, 0.1) is 0 Å². The number of nitrogens with zero attached hydrogens (tertiary/aromatic N) is 6. The van der Waals surface area contributed by atoms with Gasteiger partial charge in [-0.05, 0) is 24.3 Å². The number of hydrogen-bond donors (Lipinski definition) is 2. The lowest BCUT2D eigenvalue weighted by molar-refractivity contribution is -0.131. The maximum atomic E-state index is 12.1. The molecule has 0 fully saturated rings. The fraction of sp³-hybridized carbons (Fsp3) is 0.182. The first kappa shape index (κ1) is 21.8. The minimum absolute atomic E-state index is 0.179. The lowest BCUT2D eigenvalue weighted by Crippen LogP contribution is -2.32. The van der Waals surface area contributed by atoms with Crippen LogP contribution >= 0.6 is 0 Å². The van der Waals surface area contributed by atoms with Gasteiger partial charge in [0.25, 0.3) is 0 Å². The zero-order valence-corrected chi connectivity index (χ0v) is 17.7. The fourth-order valence-electron chi connectivity index (χ4n) is 3.04. The van der Waals surface area contributed by atoms with Crippen molar-refractivity contribution in [2.45, 2.75) is 13.1 Å². The van der Waals surface area contributed by atoms with E-state index >= 15 is 0 Å². The third-order valence-corrected chi connectivity index (χ3v) is 4.59. The summed E-state index contributed by atoms with van der Waals surface area (Å²) >= 11 is 0. The maximum absolute atomic E-state index is 12.1. The normalized spacial score (nSPS) is 10.7. The molecule has 4 rings (SSSR count). The molecule has 4 aromatic rings. The van der Waals surface area contributed by atoms with Crippen LogP contribution in [-0.4, -0.2) is 54.6 Å². The van der Waals surface area contributed by atoms with Crippen LogP contribution in [0.1, 0.15) is 11.6 Å². The van der Waals surface area contributed by atoms with Gasteiger partial charge in [0.05, 0.1) is 24.5 Å². The van der Waals surface area contributed by atoms with E-state index in [-0.39, 0.29) is 38.1 Å². The molecule has 2 aromatic carbocycles. The quantitative estimate of drug-likeness (QED) is 0.369. The van der Waals surface area contributed by atoms with Crippen molar-refractivity contribution in [2.24, 2.45) is 0 Å². The molecule has 2 N–H and O–H groups in total. The Morgan fingerprint density at radius 3 is 1.55 bits per heavy atom. The second kappa shape index (κ2) is 10.8. The Bertz CT molecular complexity index is 1100. The molecule has 0 aliphatic carbocycles. The van der Waals surface area contributed by atoms with Crippen molar-refractivity contribution in [1.82, 2.24) is 40.2 Å². The van der Waals surface area contributed by atoms with E-state index in [1.807, 2.05) is 60.7 Å². The van der Waals surface area contributed by atoms with Crippen LogP contribution in [0.5, 0.6) is 0 Å². The summed E-state index contributed by atoms with van der Waals surface area (Å²) in [6.07, 6.45) is 2.85. The highest BCUT2D eigenvalue weighted by atomic mass is 16.5. The Hall–Kier alpha value is -4.38. The van der Waals surface area contributed by atoms with E-state index in [2.05, 4.69) is 30.8 Å². The topological polar surface area (TPSA) is 129 Å². The molecule has 2 heterocycles. The molecule has 0 aliphatic heterocycles. The zero-order chi connectivity index (χ0) is 22.9. The third kappa shape index (κ3) is 5.86. The van der Waals surface area contributed by atoms with Crippen molar-refractivity contribution in [3.63, 3.8) is 0 Å². The van der Waals surface area contributed by atoms with Gasteiger partial charge < -0.3 is 15.4 Å². The van der Waals surface area contributed by atoms with Gasteiger partial charge >= 0.3 is 0 Å². The number of carbonyl (C=O) groups excluding carboxylic acids is 2. The number of ether oxygens (including phenoxy) is 1. The minimum atomic E-state index is -0.366. The molecule has 168 valence electrons. The molecule has 11 heteroatoms. The fourth-order valence-corrected chi connectivity index (χ4v) is 3.04. The predicted molar refractivity (Wildman–Crippen MR) is 117 cm³/mol. The molecule has 0 saturated carbocycles. The van der Waals surface area contributed by atoms with Crippen molar-refractivity contribution >= 4 is 11.8 Å². The van der Waals surface area contributed by atoms with E-state index in [1.54, 1.807) is 9.36 Å². The van der Waals surface area contributed by atoms with Crippen LogP contribution in [0.2, 0.25) is 0 Å². The molecule has 0 aliphatic rings. The Balaban J connectivity index is 1.18. The number of para-hydroxylation sites is 2. The van der Waals surface area contributed by atoms with E-state index in [0.29, 0.717) is 11.6 Å². The number of rotatable bonds is 10. The highest BCUT2D eigenvalue weighted by molar-refractivity contribution is 5.79. The van der Waals surface area contributed by atoms with Gasteiger partial charge in [0.1, 0.15) is 25.9 Å². The van der Waals surface area contributed by atoms with Gasteiger partial charge in [0, 0.05) is 0 Å². The number of hydrogen-bond acceptors (Lipinski definition) is 7. The highest BCUT2D eigenvalue weighted by Crippen LogP contribution is 2.08. The predicted octanol–water partition coefficient (Wildman–Crippen LogP) is 0.797. The molecule has 33 heavy (non-hydrogen) atoms. The first-order valence-electron chi connectivity index (χ1n) is 10.2. The molecule has 2 aromatic heterocycles. The molecule has 0 unspecified atom stereocenters. The summed E-state index contributed by atoms with van der Waals surface area (Å²) in [6.45, 7) is -0.156. The SMILES string of the molecule is O=C(COCC(=O)NCc1ncnn1-c1ccccc1)NCc1ncnn1-c1ccccc1. The lowest BCUT2D eigenvalue weighted by Gasteiger charge is -2.09. The van der Waals surface area contributed by atoms with Crippen molar-refractivity contribution in [1.29, 1.82) is 0 Å². The summed E-state index contributed by atoms with van der Waals surface area (Å²) in [5.74, 6) is 0.424. The standard InChI is InChI=1S/C22H22N8O3/c31-21(23-11-19-25-15-27-29(19)17-7-3-1-4-8-17)13-33-14-22(32)24-12-20-26-16-28-30(20)18-9-5-2-6-10-18/h1-10,15-16H,11-14H2,(H,23,31)(H,24,32).